The van der Waals surface area contributed by atoms with Gasteiger partial charge < -0.3 is 15.4 Å². The predicted octanol–water partition coefficient (Wildman–Crippen LogP) is 5.14. The smallest absolute Gasteiger partial charge is 0.255 e. The van der Waals surface area contributed by atoms with Gasteiger partial charge in [0.2, 0.25) is 0 Å². The molecule has 0 unspecified atom stereocenters. The molecule has 3 rings (SSSR count). The van der Waals surface area contributed by atoms with Crippen LogP contribution in [0.1, 0.15) is 24.2 Å². The number of nitrogens with one attached hydrogen (secondary N) is 2. The van der Waals surface area contributed by atoms with Crippen LogP contribution in [0.3, 0.4) is 0 Å². The summed E-state index contributed by atoms with van der Waals surface area (Å²) in [7, 11) is 0. The zero-order valence-corrected chi connectivity index (χ0v) is 15.4. The number of anilines is 3. The number of aromatic nitrogens is 1. The molecule has 28 heavy (non-hydrogen) atoms. The predicted molar refractivity (Wildman–Crippen MR) is 104 cm³/mol. The first-order valence-corrected chi connectivity index (χ1v) is 8.67. The highest BCUT2D eigenvalue weighted by atomic mass is 19.1. The van der Waals surface area contributed by atoms with Gasteiger partial charge in [0, 0.05) is 23.5 Å². The fourth-order valence-electron chi connectivity index (χ4n) is 2.46. The van der Waals surface area contributed by atoms with E-state index in [2.05, 4.69) is 15.6 Å². The van der Waals surface area contributed by atoms with Crippen LogP contribution in [0.5, 0.6) is 5.75 Å². The first kappa shape index (κ1) is 19.3. The molecule has 7 heteroatoms. The number of benzene rings is 2. The van der Waals surface area contributed by atoms with Crippen LogP contribution in [0.25, 0.3) is 0 Å². The summed E-state index contributed by atoms with van der Waals surface area (Å²) >= 11 is 0. The number of hydrogen-bond donors (Lipinski definition) is 2. The summed E-state index contributed by atoms with van der Waals surface area (Å²) in [4.78, 5) is 16.5. The summed E-state index contributed by atoms with van der Waals surface area (Å²) in [6.07, 6.45) is 1.49. The lowest BCUT2D eigenvalue weighted by molar-refractivity contribution is 0.102. The van der Waals surface area contributed by atoms with Crippen molar-refractivity contribution in [3.05, 3.63) is 78.0 Å². The van der Waals surface area contributed by atoms with Gasteiger partial charge in [0.15, 0.2) is 0 Å². The Balaban J connectivity index is 1.69. The quantitative estimate of drug-likeness (QED) is 0.618. The molecule has 1 amide bonds. The number of halogens is 2. The van der Waals surface area contributed by atoms with E-state index in [1.807, 2.05) is 13.8 Å². The van der Waals surface area contributed by atoms with E-state index in [0.717, 1.165) is 12.1 Å². The summed E-state index contributed by atoms with van der Waals surface area (Å²) in [5.74, 6) is -0.791. The first-order chi connectivity index (χ1) is 13.4. The van der Waals surface area contributed by atoms with Crippen LogP contribution in [0.4, 0.5) is 26.0 Å². The van der Waals surface area contributed by atoms with E-state index >= 15 is 0 Å². The fraction of sp³-hybridized carbons (Fsp3) is 0.143. The Bertz CT molecular complexity index is 976. The van der Waals surface area contributed by atoms with Crippen molar-refractivity contribution in [1.82, 2.24) is 4.98 Å². The Morgan fingerprint density at radius 3 is 2.46 bits per heavy atom. The standard InChI is InChI=1S/C21H19F2N3O2/c1-13(2)28-17-6-4-16(5-7-17)25-21(27)14-9-10-24-20(11-14)26-19-8-3-15(22)12-18(19)23/h3-13H,1-2H3,(H,24,26)(H,25,27). The summed E-state index contributed by atoms with van der Waals surface area (Å²) in [6, 6.07) is 13.2. The molecule has 0 saturated heterocycles. The van der Waals surface area contributed by atoms with Crippen molar-refractivity contribution >= 4 is 23.1 Å². The molecule has 0 aliphatic carbocycles. The molecule has 0 aliphatic rings. The van der Waals surface area contributed by atoms with Gasteiger partial charge in [-0.15, -0.1) is 0 Å². The lowest BCUT2D eigenvalue weighted by atomic mass is 10.2. The molecule has 1 heterocycles. The van der Waals surface area contributed by atoms with E-state index in [1.165, 1.54) is 24.4 Å². The third-order valence-electron chi connectivity index (χ3n) is 3.70. The van der Waals surface area contributed by atoms with Crippen LogP contribution < -0.4 is 15.4 Å². The number of pyridine rings is 1. The largest absolute Gasteiger partial charge is 0.491 e. The van der Waals surface area contributed by atoms with E-state index in [9.17, 15) is 13.6 Å². The van der Waals surface area contributed by atoms with Gasteiger partial charge in [0.25, 0.3) is 5.91 Å². The number of ether oxygens (including phenoxy) is 1. The number of hydrogen-bond acceptors (Lipinski definition) is 4. The Morgan fingerprint density at radius 2 is 1.79 bits per heavy atom. The van der Waals surface area contributed by atoms with Crippen molar-refractivity contribution in [2.45, 2.75) is 20.0 Å². The van der Waals surface area contributed by atoms with Gasteiger partial charge in [0.1, 0.15) is 23.2 Å². The second-order valence-electron chi connectivity index (χ2n) is 6.32. The molecule has 0 fully saturated rings. The third kappa shape index (κ3) is 5.03. The van der Waals surface area contributed by atoms with Crippen molar-refractivity contribution in [3.63, 3.8) is 0 Å². The molecule has 0 saturated carbocycles. The summed E-state index contributed by atoms with van der Waals surface area (Å²) < 4.78 is 32.3. The molecule has 0 spiro atoms. The average molecular weight is 383 g/mol. The molecule has 5 nitrogen and oxygen atoms in total. The minimum atomic E-state index is -0.750. The highest BCUT2D eigenvalue weighted by Gasteiger charge is 2.10. The topological polar surface area (TPSA) is 63.2 Å². The Morgan fingerprint density at radius 1 is 1.04 bits per heavy atom. The van der Waals surface area contributed by atoms with Gasteiger partial charge in [-0.1, -0.05) is 0 Å². The molecule has 2 aromatic carbocycles. The van der Waals surface area contributed by atoms with Crippen LogP contribution in [-0.4, -0.2) is 17.0 Å². The van der Waals surface area contributed by atoms with Crippen molar-refractivity contribution in [2.75, 3.05) is 10.6 Å². The molecule has 3 aromatic rings. The molecular formula is C21H19F2N3O2. The monoisotopic (exact) mass is 383 g/mol. The lowest BCUT2D eigenvalue weighted by Crippen LogP contribution is -2.12. The van der Waals surface area contributed by atoms with Crippen LogP contribution in [0.2, 0.25) is 0 Å². The summed E-state index contributed by atoms with van der Waals surface area (Å²) in [5.41, 5.74) is 1.01. The second kappa shape index (κ2) is 8.47. The lowest BCUT2D eigenvalue weighted by Gasteiger charge is -2.11. The van der Waals surface area contributed by atoms with E-state index in [4.69, 9.17) is 4.74 Å². The molecule has 0 aliphatic heterocycles. The maximum absolute atomic E-state index is 13.8. The molecule has 144 valence electrons. The van der Waals surface area contributed by atoms with Gasteiger partial charge >= 0.3 is 0 Å². The van der Waals surface area contributed by atoms with E-state index in [0.29, 0.717) is 17.0 Å². The highest BCUT2D eigenvalue weighted by Crippen LogP contribution is 2.21. The van der Waals surface area contributed by atoms with Crippen molar-refractivity contribution in [3.8, 4) is 5.75 Å². The van der Waals surface area contributed by atoms with Gasteiger partial charge in [-0.2, -0.15) is 0 Å². The number of amides is 1. The number of nitrogens with zero attached hydrogens (tertiary/aromatic N) is 1. The van der Waals surface area contributed by atoms with Crippen LogP contribution in [0.15, 0.2) is 60.8 Å². The second-order valence-corrected chi connectivity index (χ2v) is 6.32. The maximum Gasteiger partial charge on any atom is 0.255 e. The molecule has 1 aromatic heterocycles. The van der Waals surface area contributed by atoms with Crippen molar-refractivity contribution in [2.24, 2.45) is 0 Å². The number of rotatable bonds is 6. The van der Waals surface area contributed by atoms with Crippen LogP contribution >= 0.6 is 0 Å². The highest BCUT2D eigenvalue weighted by molar-refractivity contribution is 6.04. The van der Waals surface area contributed by atoms with Crippen molar-refractivity contribution in [1.29, 1.82) is 0 Å². The molecule has 0 bridgehead atoms. The molecule has 2 N–H and O–H groups in total. The van der Waals surface area contributed by atoms with E-state index < -0.39 is 11.6 Å². The molecule has 0 atom stereocenters. The Kier molecular flexibility index (Phi) is 5.84. The zero-order valence-electron chi connectivity index (χ0n) is 15.4. The molecule has 0 radical (unpaired) electrons. The SMILES string of the molecule is CC(C)Oc1ccc(NC(=O)c2ccnc(Nc3ccc(F)cc3F)c2)cc1. The minimum Gasteiger partial charge on any atom is -0.491 e. The molecular weight excluding hydrogens is 364 g/mol. The van der Waals surface area contributed by atoms with Crippen LogP contribution in [0, 0.1) is 11.6 Å². The first-order valence-electron chi connectivity index (χ1n) is 8.67. The van der Waals surface area contributed by atoms with E-state index in [1.54, 1.807) is 24.3 Å². The average Bonchev–Trinajstić information content (AvgIpc) is 2.65. The Labute approximate surface area is 161 Å². The number of carbonyl (C=O) groups is 1. The van der Waals surface area contributed by atoms with E-state index in [-0.39, 0.29) is 23.5 Å². The van der Waals surface area contributed by atoms with Crippen molar-refractivity contribution < 1.29 is 18.3 Å². The Hall–Kier alpha value is -3.48. The number of carbonyl (C=O) groups excluding carboxylic acids is 1. The van der Waals surface area contributed by atoms with Gasteiger partial charge in [0.05, 0.1) is 11.8 Å². The zero-order chi connectivity index (χ0) is 20.1. The van der Waals surface area contributed by atoms with Gasteiger partial charge in [-0.25, -0.2) is 13.8 Å². The summed E-state index contributed by atoms with van der Waals surface area (Å²) in [5, 5.41) is 5.51. The normalized spacial score (nSPS) is 10.6. The van der Waals surface area contributed by atoms with Gasteiger partial charge in [-0.05, 0) is 62.4 Å². The maximum atomic E-state index is 13.8. The van der Waals surface area contributed by atoms with Gasteiger partial charge in [-0.3, -0.25) is 4.79 Å². The third-order valence-corrected chi connectivity index (χ3v) is 3.70. The fourth-order valence-corrected chi connectivity index (χ4v) is 2.46. The minimum absolute atomic E-state index is 0.0622. The van der Waals surface area contributed by atoms with Crippen LogP contribution in [-0.2, 0) is 0 Å². The summed E-state index contributed by atoms with van der Waals surface area (Å²) in [6.45, 7) is 3.87.